The van der Waals surface area contributed by atoms with Crippen LogP contribution >= 0.6 is 0 Å². The van der Waals surface area contributed by atoms with Gasteiger partial charge >= 0.3 is 0 Å². The van der Waals surface area contributed by atoms with Crippen molar-refractivity contribution in [2.45, 2.75) is 19.0 Å². The van der Waals surface area contributed by atoms with Crippen LogP contribution in [-0.2, 0) is 14.4 Å². The van der Waals surface area contributed by atoms with Crippen molar-refractivity contribution in [2.24, 2.45) is 11.8 Å². The second-order valence-electron chi connectivity index (χ2n) is 9.67. The van der Waals surface area contributed by atoms with E-state index >= 15 is 0 Å². The van der Waals surface area contributed by atoms with Gasteiger partial charge in [-0.05, 0) is 72.7 Å². The van der Waals surface area contributed by atoms with Crippen molar-refractivity contribution in [2.75, 3.05) is 17.3 Å². The van der Waals surface area contributed by atoms with E-state index in [1.807, 2.05) is 41.4 Å². The third-order valence-corrected chi connectivity index (χ3v) is 7.62. The number of nitrogens with one attached hydrogen (secondary N) is 1. The fourth-order valence-electron chi connectivity index (χ4n) is 5.85. The molecule has 8 heteroatoms. The molecule has 2 saturated heterocycles. The van der Waals surface area contributed by atoms with E-state index in [0.29, 0.717) is 22.7 Å². The highest BCUT2D eigenvalue weighted by Crippen LogP contribution is 2.53. The number of Topliss-reactive ketones (excluding diaryl/α,β-unsaturated/α-hetero) is 1. The Morgan fingerprint density at radius 1 is 0.868 bits per heavy atom. The SMILES string of the molecule is COc1ccc(NC(=O)C2C3C(=O)N(c4ccc(C(C)=O)cc4)C(=O)C3C3c4ccccc4C=CN23)cc1. The number of rotatable bonds is 5. The molecule has 0 spiro atoms. The monoisotopic (exact) mass is 507 g/mol. The Hall–Kier alpha value is -4.72. The molecule has 1 N–H and O–H groups in total. The fraction of sp³-hybridized carbons (Fsp3) is 0.200. The Kier molecular flexibility index (Phi) is 5.60. The predicted octanol–water partition coefficient (Wildman–Crippen LogP) is 4.05. The Bertz CT molecular complexity index is 1500. The highest BCUT2D eigenvalue weighted by Gasteiger charge is 2.64. The minimum absolute atomic E-state index is 0.107. The first-order valence-corrected chi connectivity index (χ1v) is 12.4. The number of hydrogen-bond acceptors (Lipinski definition) is 6. The van der Waals surface area contributed by atoms with Gasteiger partial charge in [-0.15, -0.1) is 0 Å². The van der Waals surface area contributed by atoms with Crippen molar-refractivity contribution in [3.05, 3.63) is 95.7 Å². The summed E-state index contributed by atoms with van der Waals surface area (Å²) < 4.78 is 5.20. The van der Waals surface area contributed by atoms with Crippen LogP contribution in [0.15, 0.2) is 79.0 Å². The lowest BCUT2D eigenvalue weighted by atomic mass is 9.84. The number of imide groups is 1. The van der Waals surface area contributed by atoms with E-state index in [2.05, 4.69) is 5.32 Å². The van der Waals surface area contributed by atoms with E-state index in [0.717, 1.165) is 11.1 Å². The maximum absolute atomic E-state index is 13.9. The summed E-state index contributed by atoms with van der Waals surface area (Å²) in [6, 6.07) is 19.7. The number of anilines is 2. The van der Waals surface area contributed by atoms with Gasteiger partial charge in [0.15, 0.2) is 5.78 Å². The number of amides is 3. The van der Waals surface area contributed by atoms with Gasteiger partial charge in [0.05, 0.1) is 30.7 Å². The predicted molar refractivity (Wildman–Crippen MR) is 141 cm³/mol. The zero-order valence-corrected chi connectivity index (χ0v) is 20.8. The Balaban J connectivity index is 1.40. The van der Waals surface area contributed by atoms with E-state index in [1.165, 1.54) is 11.8 Å². The first-order chi connectivity index (χ1) is 18.4. The largest absolute Gasteiger partial charge is 0.497 e. The van der Waals surface area contributed by atoms with E-state index in [4.69, 9.17) is 4.74 Å². The third kappa shape index (κ3) is 3.60. The molecule has 3 aromatic carbocycles. The molecule has 4 unspecified atom stereocenters. The van der Waals surface area contributed by atoms with Gasteiger partial charge in [0.25, 0.3) is 0 Å². The number of methoxy groups -OCH3 is 1. The molecule has 0 bridgehead atoms. The van der Waals surface area contributed by atoms with Crippen LogP contribution in [0.5, 0.6) is 5.75 Å². The molecular formula is C30H25N3O5. The fourth-order valence-corrected chi connectivity index (χ4v) is 5.85. The Labute approximate surface area is 219 Å². The zero-order chi connectivity index (χ0) is 26.6. The smallest absolute Gasteiger partial charge is 0.247 e. The summed E-state index contributed by atoms with van der Waals surface area (Å²) in [5.74, 6) is -2.22. The lowest BCUT2D eigenvalue weighted by Crippen LogP contribution is -2.46. The van der Waals surface area contributed by atoms with Gasteiger partial charge in [-0.1, -0.05) is 24.3 Å². The molecule has 0 saturated carbocycles. The van der Waals surface area contributed by atoms with Gasteiger partial charge in [0.2, 0.25) is 17.7 Å². The van der Waals surface area contributed by atoms with E-state index in [-0.39, 0.29) is 17.6 Å². The summed E-state index contributed by atoms with van der Waals surface area (Å²) in [6.07, 6.45) is 3.73. The van der Waals surface area contributed by atoms with Crippen LogP contribution in [0.4, 0.5) is 11.4 Å². The number of hydrogen-bond donors (Lipinski definition) is 1. The topological polar surface area (TPSA) is 96.0 Å². The van der Waals surface area contributed by atoms with Gasteiger partial charge < -0.3 is 15.0 Å². The summed E-state index contributed by atoms with van der Waals surface area (Å²) in [5, 5.41) is 2.93. The Morgan fingerprint density at radius 2 is 1.55 bits per heavy atom. The molecule has 0 aliphatic carbocycles. The first-order valence-electron chi connectivity index (χ1n) is 12.4. The van der Waals surface area contributed by atoms with Crippen LogP contribution in [0.25, 0.3) is 6.08 Å². The zero-order valence-electron chi connectivity index (χ0n) is 20.8. The standard InChI is InChI=1S/C30H25N3O5/c1-17(34)18-7-11-21(12-8-18)33-29(36)24-25(30(33)37)27(28(35)31-20-9-13-22(38-2)14-10-20)32-16-15-19-5-3-4-6-23(19)26(24)32/h3-16,24-27H,1-2H3,(H,31,35). The minimum atomic E-state index is -0.894. The quantitative estimate of drug-likeness (QED) is 0.414. The van der Waals surface area contributed by atoms with Gasteiger partial charge in [0.1, 0.15) is 11.8 Å². The summed E-state index contributed by atoms with van der Waals surface area (Å²) >= 11 is 0. The lowest BCUT2D eigenvalue weighted by molar-refractivity contribution is -0.128. The molecule has 3 amide bonds. The summed E-state index contributed by atoms with van der Waals surface area (Å²) in [6.45, 7) is 1.46. The average molecular weight is 508 g/mol. The molecular weight excluding hydrogens is 482 g/mol. The van der Waals surface area contributed by atoms with E-state index in [9.17, 15) is 19.2 Å². The van der Waals surface area contributed by atoms with Crippen molar-refractivity contribution >= 4 is 41.0 Å². The first kappa shape index (κ1) is 23.7. The van der Waals surface area contributed by atoms with E-state index in [1.54, 1.807) is 55.6 Å². The number of fused-ring (bicyclic) bond motifs is 5. The van der Waals surface area contributed by atoms with Crippen molar-refractivity contribution in [3.63, 3.8) is 0 Å². The van der Waals surface area contributed by atoms with Crippen LogP contribution in [0.1, 0.15) is 34.5 Å². The second kappa shape index (κ2) is 8.99. The van der Waals surface area contributed by atoms with Gasteiger partial charge in [-0.3, -0.25) is 19.2 Å². The minimum Gasteiger partial charge on any atom is -0.497 e. The molecule has 3 heterocycles. The molecule has 3 aromatic rings. The van der Waals surface area contributed by atoms with Crippen molar-refractivity contribution in [1.82, 2.24) is 4.90 Å². The number of benzene rings is 3. The van der Waals surface area contributed by atoms with Crippen LogP contribution in [-0.4, -0.2) is 41.6 Å². The highest BCUT2D eigenvalue weighted by atomic mass is 16.5. The van der Waals surface area contributed by atoms with Crippen LogP contribution in [0.2, 0.25) is 0 Å². The van der Waals surface area contributed by atoms with Gasteiger partial charge in [-0.25, -0.2) is 4.90 Å². The van der Waals surface area contributed by atoms with Crippen LogP contribution in [0, 0.1) is 11.8 Å². The number of carbonyl (C=O) groups excluding carboxylic acids is 4. The van der Waals surface area contributed by atoms with Crippen molar-refractivity contribution in [1.29, 1.82) is 0 Å². The second-order valence-corrected chi connectivity index (χ2v) is 9.67. The van der Waals surface area contributed by atoms with Crippen LogP contribution < -0.4 is 15.0 Å². The molecule has 0 radical (unpaired) electrons. The van der Waals surface area contributed by atoms with Crippen molar-refractivity contribution in [3.8, 4) is 5.75 Å². The summed E-state index contributed by atoms with van der Waals surface area (Å²) in [4.78, 5) is 56.3. The maximum Gasteiger partial charge on any atom is 0.247 e. The molecule has 190 valence electrons. The number of ketones is 1. The number of ether oxygens (including phenoxy) is 1. The van der Waals surface area contributed by atoms with E-state index < -0.39 is 29.8 Å². The third-order valence-electron chi connectivity index (χ3n) is 7.62. The van der Waals surface area contributed by atoms with Crippen molar-refractivity contribution < 1.29 is 23.9 Å². The molecule has 4 atom stereocenters. The number of carbonyl (C=O) groups is 4. The summed E-state index contributed by atoms with van der Waals surface area (Å²) in [5.41, 5.74) is 3.29. The normalized spacial score (nSPS) is 23.1. The summed E-state index contributed by atoms with van der Waals surface area (Å²) in [7, 11) is 1.56. The average Bonchev–Trinajstić information content (AvgIpc) is 3.41. The van der Waals surface area contributed by atoms with Crippen LogP contribution in [0.3, 0.4) is 0 Å². The molecule has 3 aliphatic heterocycles. The Morgan fingerprint density at radius 3 is 2.24 bits per heavy atom. The number of nitrogens with zero attached hydrogens (tertiary/aromatic N) is 2. The van der Waals surface area contributed by atoms with Gasteiger partial charge in [0, 0.05) is 17.5 Å². The maximum atomic E-state index is 13.9. The lowest BCUT2D eigenvalue weighted by Gasteiger charge is -2.35. The molecule has 0 aromatic heterocycles. The molecule has 38 heavy (non-hydrogen) atoms. The molecule has 3 aliphatic rings. The molecule has 8 nitrogen and oxygen atoms in total. The molecule has 6 rings (SSSR count). The molecule has 2 fully saturated rings. The van der Waals surface area contributed by atoms with Gasteiger partial charge in [-0.2, -0.15) is 0 Å². The highest BCUT2D eigenvalue weighted by molar-refractivity contribution is 6.24.